The summed E-state index contributed by atoms with van der Waals surface area (Å²) in [6.07, 6.45) is 0.110. The van der Waals surface area contributed by atoms with Crippen molar-refractivity contribution in [1.82, 2.24) is 8.87 Å². The summed E-state index contributed by atoms with van der Waals surface area (Å²) in [4.78, 5) is 13.1. The highest BCUT2D eigenvalue weighted by Gasteiger charge is 2.29. The van der Waals surface area contributed by atoms with Crippen molar-refractivity contribution in [2.75, 3.05) is 6.54 Å². The Morgan fingerprint density at radius 1 is 1.07 bits per heavy atom. The summed E-state index contributed by atoms with van der Waals surface area (Å²) in [5, 5.41) is 10.2. The molecule has 0 aliphatic carbocycles. The SMILES string of the molecule is Cc1ccc(S(=O)(=O)n2c3c(c4ccccc42)CN(C(=O)O)CCC3)cc1. The third kappa shape index (κ3) is 2.88. The van der Waals surface area contributed by atoms with Crippen molar-refractivity contribution < 1.29 is 18.3 Å². The molecule has 7 heteroatoms. The molecule has 3 aromatic rings. The molecule has 0 unspecified atom stereocenters. The summed E-state index contributed by atoms with van der Waals surface area (Å²) in [7, 11) is -3.78. The number of para-hydroxylation sites is 1. The number of amides is 1. The molecule has 1 aromatic heterocycles. The number of carbonyl (C=O) groups is 1. The number of nitrogens with zero attached hydrogens (tertiary/aromatic N) is 2. The molecule has 1 amide bonds. The minimum Gasteiger partial charge on any atom is -0.465 e. The Bertz CT molecular complexity index is 1130. The summed E-state index contributed by atoms with van der Waals surface area (Å²) in [6, 6.07) is 14.1. The highest BCUT2D eigenvalue weighted by atomic mass is 32.2. The fourth-order valence-electron chi connectivity index (χ4n) is 3.72. The van der Waals surface area contributed by atoms with E-state index in [1.165, 1.54) is 8.87 Å². The van der Waals surface area contributed by atoms with Crippen molar-refractivity contribution >= 4 is 27.0 Å². The van der Waals surface area contributed by atoms with E-state index in [1.54, 1.807) is 36.4 Å². The Hall–Kier alpha value is -2.80. The average Bonchev–Trinajstić information content (AvgIpc) is 2.80. The highest BCUT2D eigenvalue weighted by molar-refractivity contribution is 7.90. The van der Waals surface area contributed by atoms with E-state index in [9.17, 15) is 18.3 Å². The zero-order valence-electron chi connectivity index (χ0n) is 14.9. The third-order valence-corrected chi connectivity index (χ3v) is 6.83. The summed E-state index contributed by atoms with van der Waals surface area (Å²) >= 11 is 0. The van der Waals surface area contributed by atoms with Gasteiger partial charge in [0.15, 0.2) is 0 Å². The Labute approximate surface area is 157 Å². The normalized spacial score (nSPS) is 14.8. The molecular formula is C20H20N2O4S. The van der Waals surface area contributed by atoms with Gasteiger partial charge in [-0.3, -0.25) is 0 Å². The molecule has 0 saturated carbocycles. The number of aryl methyl sites for hydroxylation is 1. The van der Waals surface area contributed by atoms with Gasteiger partial charge in [0.25, 0.3) is 10.0 Å². The van der Waals surface area contributed by atoms with Crippen LogP contribution in [0.2, 0.25) is 0 Å². The number of fused-ring (bicyclic) bond motifs is 3. The Balaban J connectivity index is 1.98. The van der Waals surface area contributed by atoms with Gasteiger partial charge in [0.1, 0.15) is 0 Å². The van der Waals surface area contributed by atoms with Gasteiger partial charge in [-0.25, -0.2) is 17.2 Å². The van der Waals surface area contributed by atoms with Crippen LogP contribution in [0.15, 0.2) is 53.4 Å². The predicted molar refractivity (Wildman–Crippen MR) is 102 cm³/mol. The monoisotopic (exact) mass is 384 g/mol. The highest BCUT2D eigenvalue weighted by Crippen LogP contribution is 2.33. The van der Waals surface area contributed by atoms with Gasteiger partial charge >= 0.3 is 6.09 Å². The zero-order chi connectivity index (χ0) is 19.2. The van der Waals surface area contributed by atoms with Crippen LogP contribution in [0, 0.1) is 6.92 Å². The van der Waals surface area contributed by atoms with Crippen molar-refractivity contribution in [3.05, 3.63) is 65.4 Å². The molecule has 27 heavy (non-hydrogen) atoms. The van der Waals surface area contributed by atoms with Gasteiger partial charge in [-0.1, -0.05) is 35.9 Å². The smallest absolute Gasteiger partial charge is 0.407 e. The van der Waals surface area contributed by atoms with Crippen LogP contribution in [0.5, 0.6) is 0 Å². The lowest BCUT2D eigenvalue weighted by atomic mass is 10.1. The molecule has 2 heterocycles. The van der Waals surface area contributed by atoms with Crippen LogP contribution in [0.25, 0.3) is 10.9 Å². The second-order valence-corrected chi connectivity index (χ2v) is 8.62. The van der Waals surface area contributed by atoms with Crippen molar-refractivity contribution in [3.63, 3.8) is 0 Å². The summed E-state index contributed by atoms with van der Waals surface area (Å²) in [5.74, 6) is 0. The number of carboxylic acid groups (broad SMARTS) is 1. The average molecular weight is 384 g/mol. The molecule has 6 nitrogen and oxygen atoms in total. The topological polar surface area (TPSA) is 79.6 Å². The second kappa shape index (κ2) is 6.42. The van der Waals surface area contributed by atoms with Crippen LogP contribution >= 0.6 is 0 Å². The number of hydrogen-bond acceptors (Lipinski definition) is 3. The van der Waals surface area contributed by atoms with Crippen molar-refractivity contribution in [1.29, 1.82) is 0 Å². The lowest BCUT2D eigenvalue weighted by Gasteiger charge is -2.16. The van der Waals surface area contributed by atoms with Gasteiger partial charge in [-0.05, 0) is 38.0 Å². The number of benzene rings is 2. The van der Waals surface area contributed by atoms with Gasteiger partial charge in [0.05, 0.1) is 17.0 Å². The fraction of sp³-hybridized carbons (Fsp3) is 0.250. The Morgan fingerprint density at radius 3 is 2.48 bits per heavy atom. The van der Waals surface area contributed by atoms with Gasteiger partial charge < -0.3 is 10.0 Å². The number of hydrogen-bond donors (Lipinski definition) is 1. The molecule has 4 rings (SSSR count). The maximum Gasteiger partial charge on any atom is 0.407 e. The first kappa shape index (κ1) is 17.6. The van der Waals surface area contributed by atoms with Gasteiger partial charge in [0, 0.05) is 23.2 Å². The molecule has 1 aliphatic rings. The fourth-order valence-corrected chi connectivity index (χ4v) is 5.32. The maximum atomic E-state index is 13.5. The van der Waals surface area contributed by atoms with E-state index in [0.29, 0.717) is 30.6 Å². The van der Waals surface area contributed by atoms with E-state index in [2.05, 4.69) is 0 Å². The zero-order valence-corrected chi connectivity index (χ0v) is 15.7. The standard InChI is InChI=1S/C20H20N2O4S/c1-14-8-10-15(11-9-14)27(25,26)22-18-6-3-2-5-16(18)17-13-21(20(23)24)12-4-7-19(17)22/h2-3,5-6,8-11H,4,7,12-13H2,1H3,(H,23,24). The molecule has 1 aliphatic heterocycles. The molecule has 0 radical (unpaired) electrons. The van der Waals surface area contributed by atoms with E-state index in [-0.39, 0.29) is 11.4 Å². The minimum absolute atomic E-state index is 0.196. The quantitative estimate of drug-likeness (QED) is 0.732. The molecule has 0 saturated heterocycles. The maximum absolute atomic E-state index is 13.5. The van der Waals surface area contributed by atoms with Crippen molar-refractivity contribution in [2.24, 2.45) is 0 Å². The van der Waals surface area contributed by atoms with E-state index in [0.717, 1.165) is 16.5 Å². The van der Waals surface area contributed by atoms with E-state index < -0.39 is 16.1 Å². The van der Waals surface area contributed by atoms with Crippen LogP contribution in [0.4, 0.5) is 4.79 Å². The van der Waals surface area contributed by atoms with Crippen molar-refractivity contribution in [2.45, 2.75) is 31.2 Å². The molecule has 140 valence electrons. The van der Waals surface area contributed by atoms with Crippen LogP contribution in [-0.4, -0.2) is 35.0 Å². The minimum atomic E-state index is -3.78. The summed E-state index contributed by atoms with van der Waals surface area (Å²) < 4.78 is 28.3. The van der Waals surface area contributed by atoms with Crippen LogP contribution in [0.1, 0.15) is 23.2 Å². The predicted octanol–water partition coefficient (Wildman–Crippen LogP) is 3.61. The molecule has 0 fully saturated rings. The lowest BCUT2D eigenvalue weighted by molar-refractivity contribution is 0.143. The van der Waals surface area contributed by atoms with E-state index in [1.807, 2.05) is 19.1 Å². The van der Waals surface area contributed by atoms with E-state index >= 15 is 0 Å². The van der Waals surface area contributed by atoms with Gasteiger partial charge in [0.2, 0.25) is 0 Å². The number of aromatic nitrogens is 1. The Morgan fingerprint density at radius 2 is 1.78 bits per heavy atom. The molecule has 0 atom stereocenters. The molecule has 1 N–H and O–H groups in total. The molecule has 0 spiro atoms. The first-order valence-corrected chi connectivity index (χ1v) is 10.2. The third-order valence-electron chi connectivity index (χ3n) is 5.06. The van der Waals surface area contributed by atoms with Gasteiger partial charge in [-0.15, -0.1) is 0 Å². The van der Waals surface area contributed by atoms with Crippen molar-refractivity contribution in [3.8, 4) is 0 Å². The molecular weight excluding hydrogens is 364 g/mol. The Kier molecular flexibility index (Phi) is 4.19. The first-order chi connectivity index (χ1) is 12.9. The lowest BCUT2D eigenvalue weighted by Crippen LogP contribution is -2.28. The van der Waals surface area contributed by atoms with Gasteiger partial charge in [-0.2, -0.15) is 0 Å². The second-order valence-electron chi connectivity index (χ2n) is 6.83. The van der Waals surface area contributed by atoms with Crippen LogP contribution in [-0.2, 0) is 23.0 Å². The van der Waals surface area contributed by atoms with Crippen LogP contribution in [0.3, 0.4) is 0 Å². The molecule has 2 aromatic carbocycles. The van der Waals surface area contributed by atoms with Crippen LogP contribution < -0.4 is 0 Å². The molecule has 0 bridgehead atoms. The number of rotatable bonds is 2. The first-order valence-electron chi connectivity index (χ1n) is 8.81. The summed E-state index contributed by atoms with van der Waals surface area (Å²) in [5.41, 5.74) is 3.04. The summed E-state index contributed by atoms with van der Waals surface area (Å²) in [6.45, 7) is 2.50. The van der Waals surface area contributed by atoms with E-state index in [4.69, 9.17) is 0 Å². The largest absolute Gasteiger partial charge is 0.465 e.